The van der Waals surface area contributed by atoms with Crippen molar-refractivity contribution in [3.05, 3.63) is 83.0 Å². The zero-order valence-corrected chi connectivity index (χ0v) is 23.6. The maximum absolute atomic E-state index is 13.4. The van der Waals surface area contributed by atoms with Gasteiger partial charge in [-0.1, -0.05) is 62.4 Å². The van der Waals surface area contributed by atoms with Gasteiger partial charge in [0.05, 0.1) is 5.52 Å². The fourth-order valence-electron chi connectivity index (χ4n) is 4.27. The number of carbonyl (C=O) groups is 1. The lowest BCUT2D eigenvalue weighted by atomic mass is 9.90. The minimum atomic E-state index is -4.55. The molecule has 0 radical (unpaired) electrons. The maximum Gasteiger partial charge on any atom is 0.433 e. The van der Waals surface area contributed by atoms with Crippen LogP contribution in [-0.2, 0) is 17.4 Å². The molecule has 1 aromatic heterocycles. The number of hydrogen-bond acceptors (Lipinski definition) is 4. The van der Waals surface area contributed by atoms with Crippen molar-refractivity contribution < 1.29 is 18.0 Å². The zero-order valence-electron chi connectivity index (χ0n) is 21.9. The van der Waals surface area contributed by atoms with Crippen LogP contribution in [0.4, 0.5) is 18.9 Å². The van der Waals surface area contributed by atoms with E-state index in [4.69, 9.17) is 11.6 Å². The first-order chi connectivity index (χ1) is 18.2. The molecule has 1 fully saturated rings. The second-order valence-electron chi connectivity index (χ2n) is 8.65. The Kier molecular flexibility index (Phi) is 12.5. The molecule has 1 aliphatic rings. The van der Waals surface area contributed by atoms with E-state index < -0.39 is 11.9 Å². The van der Waals surface area contributed by atoms with Gasteiger partial charge in [-0.05, 0) is 61.8 Å². The highest BCUT2D eigenvalue weighted by Crippen LogP contribution is 2.35. The van der Waals surface area contributed by atoms with E-state index in [9.17, 15) is 18.0 Å². The fourth-order valence-corrected chi connectivity index (χ4v) is 4.45. The van der Waals surface area contributed by atoms with Gasteiger partial charge in [0.2, 0.25) is 5.91 Å². The third-order valence-corrected chi connectivity index (χ3v) is 6.30. The van der Waals surface area contributed by atoms with Crippen LogP contribution in [0.1, 0.15) is 50.8 Å². The van der Waals surface area contributed by atoms with E-state index in [0.717, 1.165) is 24.5 Å². The summed E-state index contributed by atoms with van der Waals surface area (Å²) in [5, 5.41) is 7.29. The molecular formula is C29H35ClF3N3OS. The van der Waals surface area contributed by atoms with Gasteiger partial charge in [-0.15, -0.1) is 0 Å². The number of halogens is 4. The molecule has 0 saturated heterocycles. The van der Waals surface area contributed by atoms with E-state index >= 15 is 0 Å². The summed E-state index contributed by atoms with van der Waals surface area (Å²) >= 11 is 9.61. The topological polar surface area (TPSA) is 54.0 Å². The largest absolute Gasteiger partial charge is 0.433 e. The first kappa shape index (κ1) is 31.5. The predicted molar refractivity (Wildman–Crippen MR) is 155 cm³/mol. The predicted octanol–water partition coefficient (Wildman–Crippen LogP) is 8.12. The van der Waals surface area contributed by atoms with Crippen LogP contribution in [0, 0.1) is 0 Å². The average Bonchev–Trinajstić information content (AvgIpc) is 2.92. The molecule has 206 valence electrons. The number of anilines is 1. The van der Waals surface area contributed by atoms with E-state index in [1.807, 2.05) is 44.2 Å². The highest BCUT2D eigenvalue weighted by molar-refractivity contribution is 7.79. The van der Waals surface area contributed by atoms with Gasteiger partial charge in [-0.2, -0.15) is 25.8 Å². The first-order valence-electron chi connectivity index (χ1n) is 12.6. The molecule has 2 aromatic carbocycles. The van der Waals surface area contributed by atoms with Crippen molar-refractivity contribution in [2.24, 2.45) is 0 Å². The minimum Gasteiger partial charge on any atom is -0.382 e. The van der Waals surface area contributed by atoms with Crippen molar-refractivity contribution in [1.29, 1.82) is 0 Å². The van der Waals surface area contributed by atoms with Gasteiger partial charge < -0.3 is 10.6 Å². The van der Waals surface area contributed by atoms with Crippen molar-refractivity contribution in [1.82, 2.24) is 10.3 Å². The number of nitrogens with zero attached hydrogens (tertiary/aromatic N) is 1. The maximum atomic E-state index is 13.4. The van der Waals surface area contributed by atoms with E-state index in [1.165, 1.54) is 12.1 Å². The normalized spacial score (nSPS) is 16.8. The summed E-state index contributed by atoms with van der Waals surface area (Å²) in [5.41, 5.74) is 1.19. The Labute approximate surface area is 233 Å². The van der Waals surface area contributed by atoms with Gasteiger partial charge in [-0.3, -0.25) is 4.79 Å². The number of aromatic nitrogens is 1. The van der Waals surface area contributed by atoms with Crippen LogP contribution in [0.15, 0.2) is 66.7 Å². The Morgan fingerprint density at radius 1 is 1.03 bits per heavy atom. The monoisotopic (exact) mass is 565 g/mol. The van der Waals surface area contributed by atoms with Crippen LogP contribution in [0.2, 0.25) is 5.02 Å². The van der Waals surface area contributed by atoms with Crippen molar-refractivity contribution in [3.8, 4) is 0 Å². The Hall–Kier alpha value is -2.71. The van der Waals surface area contributed by atoms with Gasteiger partial charge in [-0.25, -0.2) is 4.98 Å². The number of pyridine rings is 1. The Bertz CT molecular complexity index is 1200. The number of carbonyl (C=O) groups excluding carboxylic acids is 1. The number of benzene rings is 2. The standard InChI is InChI=1S/C26H25ClF3N3O.C2H6.CH4S/c1-16(13-17-5-3-2-4-6-17)25(34)32-20-10-8-19(9-11-20)31-23-15-24(26(28,29)30)33-22-12-7-18(27)14-21(22)23;2*1-2/h2-7,12,14-15,19-20H,1,8-11,13H2,(H,31,33)(H,32,34);1-2H3;2H,1H3. The van der Waals surface area contributed by atoms with Crippen molar-refractivity contribution >= 4 is 46.7 Å². The molecule has 0 spiro atoms. The summed E-state index contributed by atoms with van der Waals surface area (Å²) in [6, 6.07) is 15.3. The fraction of sp³-hybridized carbons (Fsp3) is 0.379. The van der Waals surface area contributed by atoms with Gasteiger partial charge in [0.15, 0.2) is 0 Å². The summed E-state index contributed by atoms with van der Waals surface area (Å²) < 4.78 is 40.1. The van der Waals surface area contributed by atoms with Crippen LogP contribution in [0.5, 0.6) is 0 Å². The molecule has 4 rings (SSSR count). The van der Waals surface area contributed by atoms with Gasteiger partial charge in [0, 0.05) is 40.2 Å². The first-order valence-corrected chi connectivity index (χ1v) is 13.9. The Balaban J connectivity index is 0.00000121. The van der Waals surface area contributed by atoms with Crippen molar-refractivity contribution in [2.75, 3.05) is 11.6 Å². The molecule has 1 saturated carbocycles. The molecule has 2 N–H and O–H groups in total. The van der Waals surface area contributed by atoms with E-state index in [-0.39, 0.29) is 23.5 Å². The molecule has 0 atom stereocenters. The average molecular weight is 566 g/mol. The lowest BCUT2D eigenvalue weighted by Crippen LogP contribution is -2.40. The molecule has 1 amide bonds. The zero-order chi connectivity index (χ0) is 28.3. The van der Waals surface area contributed by atoms with Gasteiger partial charge in [0.1, 0.15) is 5.69 Å². The Morgan fingerprint density at radius 3 is 2.24 bits per heavy atom. The third kappa shape index (κ3) is 8.95. The van der Waals surface area contributed by atoms with Crippen LogP contribution < -0.4 is 10.6 Å². The smallest absolute Gasteiger partial charge is 0.382 e. The number of amides is 1. The van der Waals surface area contributed by atoms with Gasteiger partial charge in [0.25, 0.3) is 0 Å². The van der Waals surface area contributed by atoms with E-state index in [1.54, 1.807) is 12.3 Å². The van der Waals surface area contributed by atoms with Crippen LogP contribution in [0.25, 0.3) is 10.9 Å². The molecule has 1 heterocycles. The minimum absolute atomic E-state index is 0.00689. The Morgan fingerprint density at radius 2 is 1.63 bits per heavy atom. The SMILES string of the molecule is C=C(Cc1ccccc1)C(=O)NC1CCC(Nc2cc(C(F)(F)F)nc3ccc(Cl)cc23)CC1.CC.CS. The van der Waals surface area contributed by atoms with E-state index in [0.29, 0.717) is 40.9 Å². The van der Waals surface area contributed by atoms with Crippen LogP contribution in [-0.4, -0.2) is 29.2 Å². The second kappa shape index (κ2) is 15.0. The van der Waals surface area contributed by atoms with Gasteiger partial charge >= 0.3 is 6.18 Å². The number of alkyl halides is 3. The number of thiol groups is 1. The number of hydrogen-bond donors (Lipinski definition) is 3. The molecule has 0 aliphatic heterocycles. The molecule has 0 unspecified atom stereocenters. The summed E-state index contributed by atoms with van der Waals surface area (Å²) in [7, 11) is 0. The molecule has 9 heteroatoms. The number of fused-ring (bicyclic) bond motifs is 1. The molecule has 38 heavy (non-hydrogen) atoms. The lowest BCUT2D eigenvalue weighted by molar-refractivity contribution is -0.140. The summed E-state index contributed by atoms with van der Waals surface area (Å²) in [4.78, 5) is 16.3. The number of rotatable bonds is 6. The molecular weight excluding hydrogens is 531 g/mol. The molecule has 4 nitrogen and oxygen atoms in total. The quantitative estimate of drug-likeness (QED) is 0.209. The third-order valence-electron chi connectivity index (χ3n) is 6.06. The molecule has 0 bridgehead atoms. The number of nitrogens with one attached hydrogen (secondary N) is 2. The summed E-state index contributed by atoms with van der Waals surface area (Å²) in [6.45, 7) is 7.92. The van der Waals surface area contributed by atoms with Crippen molar-refractivity contribution in [2.45, 2.75) is 64.2 Å². The van der Waals surface area contributed by atoms with Crippen LogP contribution in [0.3, 0.4) is 0 Å². The molecule has 3 aromatic rings. The summed E-state index contributed by atoms with van der Waals surface area (Å²) in [5.74, 6) is -0.162. The second-order valence-corrected chi connectivity index (χ2v) is 9.08. The highest BCUT2D eigenvalue weighted by atomic mass is 35.5. The van der Waals surface area contributed by atoms with Crippen molar-refractivity contribution in [3.63, 3.8) is 0 Å². The van der Waals surface area contributed by atoms with Crippen LogP contribution >= 0.6 is 24.2 Å². The molecule has 1 aliphatic carbocycles. The highest BCUT2D eigenvalue weighted by Gasteiger charge is 2.34. The lowest BCUT2D eigenvalue weighted by Gasteiger charge is -2.31. The van der Waals surface area contributed by atoms with E-state index in [2.05, 4.69) is 34.8 Å². The summed E-state index contributed by atoms with van der Waals surface area (Å²) in [6.07, 6.45) is 0.497.